The average molecular weight is 319 g/mol. The topological polar surface area (TPSA) is 18.5 Å². The maximum Gasteiger partial charge on any atom is 0.174 e. The van der Waals surface area contributed by atoms with Crippen LogP contribution in [0.2, 0.25) is 0 Å². The number of ether oxygens (including phenoxy) is 2. The molecule has 1 aliphatic heterocycles. The van der Waals surface area contributed by atoms with Crippen molar-refractivity contribution in [1.29, 1.82) is 0 Å². The highest BCUT2D eigenvalue weighted by atomic mass is 16.7. The summed E-state index contributed by atoms with van der Waals surface area (Å²) in [6.45, 7) is 6.82. The largest absolute Gasteiger partial charge is 0.347 e. The minimum absolute atomic E-state index is 0.215. The van der Waals surface area contributed by atoms with Gasteiger partial charge in [0.05, 0.1) is 13.2 Å². The van der Waals surface area contributed by atoms with Gasteiger partial charge in [-0.25, -0.2) is 0 Å². The van der Waals surface area contributed by atoms with Crippen molar-refractivity contribution in [3.8, 4) is 0 Å². The van der Waals surface area contributed by atoms with Gasteiger partial charge in [0.15, 0.2) is 5.79 Å². The zero-order valence-electron chi connectivity index (χ0n) is 15.1. The summed E-state index contributed by atoms with van der Waals surface area (Å²) in [6, 6.07) is 0. The fourth-order valence-corrected chi connectivity index (χ4v) is 8.18. The van der Waals surface area contributed by atoms with Crippen molar-refractivity contribution in [3.63, 3.8) is 0 Å². The van der Waals surface area contributed by atoms with Gasteiger partial charge >= 0.3 is 0 Å². The smallest absolute Gasteiger partial charge is 0.174 e. The van der Waals surface area contributed by atoms with Gasteiger partial charge in [-0.15, -0.1) is 0 Å². The number of hydrogen-bond acceptors (Lipinski definition) is 2. The second-order valence-electron chi connectivity index (χ2n) is 9.85. The van der Waals surface area contributed by atoms with Crippen LogP contribution < -0.4 is 0 Å². The van der Waals surface area contributed by atoms with E-state index in [9.17, 15) is 0 Å². The monoisotopic (exact) mass is 318 g/mol. The lowest BCUT2D eigenvalue weighted by Gasteiger charge is -2.61. The Hall–Kier alpha value is -0.0800. The molecule has 0 aromatic rings. The van der Waals surface area contributed by atoms with E-state index in [-0.39, 0.29) is 11.2 Å². The van der Waals surface area contributed by atoms with Gasteiger partial charge in [-0.05, 0) is 74.0 Å². The predicted molar refractivity (Wildman–Crippen MR) is 91.0 cm³/mol. The molecule has 130 valence electrons. The third kappa shape index (κ3) is 1.83. The normalized spacial score (nSPS) is 54.5. The van der Waals surface area contributed by atoms with Crippen LogP contribution in [0.25, 0.3) is 0 Å². The summed E-state index contributed by atoms with van der Waals surface area (Å²) in [4.78, 5) is 0. The molecule has 0 N–H and O–H groups in total. The van der Waals surface area contributed by atoms with E-state index < -0.39 is 0 Å². The Labute approximate surface area is 141 Å². The summed E-state index contributed by atoms with van der Waals surface area (Å²) in [5.41, 5.74) is 0.929. The van der Waals surface area contributed by atoms with Crippen LogP contribution in [-0.4, -0.2) is 19.0 Å². The third-order valence-electron chi connectivity index (χ3n) is 9.38. The Morgan fingerprint density at radius 1 is 0.739 bits per heavy atom. The summed E-state index contributed by atoms with van der Waals surface area (Å²) in [6.07, 6.45) is 14.2. The molecule has 23 heavy (non-hydrogen) atoms. The van der Waals surface area contributed by atoms with Crippen molar-refractivity contribution < 1.29 is 9.47 Å². The van der Waals surface area contributed by atoms with Crippen molar-refractivity contribution in [2.75, 3.05) is 13.2 Å². The average Bonchev–Trinajstić information content (AvgIpc) is 3.14. The summed E-state index contributed by atoms with van der Waals surface area (Å²) < 4.78 is 12.5. The second kappa shape index (κ2) is 4.97. The van der Waals surface area contributed by atoms with E-state index >= 15 is 0 Å². The van der Waals surface area contributed by atoms with E-state index in [2.05, 4.69) is 13.8 Å². The van der Waals surface area contributed by atoms with Crippen molar-refractivity contribution in [3.05, 3.63) is 0 Å². The molecular weight excluding hydrogens is 284 g/mol. The van der Waals surface area contributed by atoms with E-state index in [0.29, 0.717) is 5.41 Å². The molecular formula is C21H34O2. The fraction of sp³-hybridized carbons (Fsp3) is 1.00. The van der Waals surface area contributed by atoms with Gasteiger partial charge in [0, 0.05) is 11.8 Å². The van der Waals surface area contributed by atoms with E-state index in [1.807, 2.05) is 0 Å². The molecule has 2 heteroatoms. The minimum Gasteiger partial charge on any atom is -0.347 e. The van der Waals surface area contributed by atoms with Gasteiger partial charge in [-0.2, -0.15) is 0 Å². The van der Waals surface area contributed by atoms with Crippen LogP contribution in [0.15, 0.2) is 0 Å². The summed E-state index contributed by atoms with van der Waals surface area (Å²) in [7, 11) is 0. The second-order valence-corrected chi connectivity index (χ2v) is 9.85. The van der Waals surface area contributed by atoms with E-state index in [1.165, 1.54) is 57.8 Å². The SMILES string of the molecule is C[C@]12CCCC[C@H]1CC[C@@H]1[C@@H]2CC[C@@]2(C)[C@H]1CCC21OCCO1. The molecule has 0 unspecified atom stereocenters. The molecule has 5 fully saturated rings. The Balaban J connectivity index is 1.47. The van der Waals surface area contributed by atoms with Crippen molar-refractivity contribution in [1.82, 2.24) is 0 Å². The maximum atomic E-state index is 6.26. The first-order valence-electron chi connectivity index (χ1n) is 10.4. The van der Waals surface area contributed by atoms with Crippen LogP contribution in [0.4, 0.5) is 0 Å². The standard InChI is InChI=1S/C21H34O2/c1-19-10-4-3-5-15(19)6-7-16-17(19)8-11-20(2)18(16)9-12-21(20)22-13-14-23-21/h15-18H,3-14H2,1-2H3/t15-,16+,17-,18-,19-,20-/m0/s1. The minimum atomic E-state index is -0.215. The zero-order valence-corrected chi connectivity index (χ0v) is 15.1. The van der Waals surface area contributed by atoms with Gasteiger partial charge < -0.3 is 9.47 Å². The van der Waals surface area contributed by atoms with E-state index in [1.54, 1.807) is 0 Å². The Morgan fingerprint density at radius 2 is 1.52 bits per heavy atom. The van der Waals surface area contributed by atoms with E-state index in [4.69, 9.17) is 9.47 Å². The first-order valence-corrected chi connectivity index (χ1v) is 10.4. The lowest BCUT2D eigenvalue weighted by molar-refractivity contribution is -0.247. The molecule has 5 rings (SSSR count). The lowest BCUT2D eigenvalue weighted by atomic mass is 9.45. The van der Waals surface area contributed by atoms with Crippen LogP contribution in [-0.2, 0) is 9.47 Å². The van der Waals surface area contributed by atoms with Crippen molar-refractivity contribution in [2.45, 2.75) is 83.8 Å². The molecule has 1 heterocycles. The first-order chi connectivity index (χ1) is 11.1. The van der Waals surface area contributed by atoms with Crippen LogP contribution in [0, 0.1) is 34.5 Å². The molecule has 0 radical (unpaired) electrons. The molecule has 0 aromatic heterocycles. The molecule has 4 aliphatic carbocycles. The lowest BCUT2D eigenvalue weighted by Crippen LogP contribution is -2.56. The van der Waals surface area contributed by atoms with Gasteiger partial charge in [0.25, 0.3) is 0 Å². The molecule has 0 aromatic carbocycles. The van der Waals surface area contributed by atoms with E-state index in [0.717, 1.165) is 43.3 Å². The summed E-state index contributed by atoms with van der Waals surface area (Å²) >= 11 is 0. The Bertz CT molecular complexity index is 482. The highest BCUT2D eigenvalue weighted by Gasteiger charge is 2.66. The Kier molecular flexibility index (Phi) is 3.29. The maximum absolute atomic E-state index is 6.26. The van der Waals surface area contributed by atoms with Crippen molar-refractivity contribution >= 4 is 0 Å². The Morgan fingerprint density at radius 3 is 2.35 bits per heavy atom. The van der Waals surface area contributed by atoms with Gasteiger partial charge in [-0.1, -0.05) is 26.7 Å². The summed E-state index contributed by atoms with van der Waals surface area (Å²) in [5.74, 6) is 3.58. The van der Waals surface area contributed by atoms with Crippen LogP contribution >= 0.6 is 0 Å². The molecule has 1 saturated heterocycles. The van der Waals surface area contributed by atoms with Gasteiger partial charge in [0.2, 0.25) is 0 Å². The highest BCUT2D eigenvalue weighted by Crippen LogP contribution is 2.69. The molecule has 5 aliphatic rings. The van der Waals surface area contributed by atoms with Crippen LogP contribution in [0.1, 0.15) is 78.1 Å². The van der Waals surface area contributed by atoms with Crippen molar-refractivity contribution in [2.24, 2.45) is 34.5 Å². The predicted octanol–water partition coefficient (Wildman–Crippen LogP) is 5.16. The van der Waals surface area contributed by atoms with Gasteiger partial charge in [-0.3, -0.25) is 0 Å². The van der Waals surface area contributed by atoms with Crippen LogP contribution in [0.3, 0.4) is 0 Å². The van der Waals surface area contributed by atoms with Gasteiger partial charge in [0.1, 0.15) is 0 Å². The quantitative estimate of drug-likeness (QED) is 0.614. The molecule has 1 spiro atoms. The molecule has 6 atom stereocenters. The number of fused-ring (bicyclic) bond motifs is 6. The third-order valence-corrected chi connectivity index (χ3v) is 9.38. The fourth-order valence-electron chi connectivity index (χ4n) is 8.18. The molecule has 0 bridgehead atoms. The zero-order chi connectivity index (χ0) is 15.7. The summed E-state index contributed by atoms with van der Waals surface area (Å²) in [5, 5.41) is 0. The number of rotatable bonds is 0. The number of hydrogen-bond donors (Lipinski definition) is 0. The molecule has 4 saturated carbocycles. The highest BCUT2D eigenvalue weighted by molar-refractivity contribution is 5.12. The van der Waals surface area contributed by atoms with Crippen LogP contribution in [0.5, 0.6) is 0 Å². The molecule has 2 nitrogen and oxygen atoms in total. The molecule has 0 amide bonds. The first kappa shape index (κ1) is 15.2.